The van der Waals surface area contributed by atoms with Gasteiger partial charge in [0.1, 0.15) is 0 Å². The van der Waals surface area contributed by atoms with Crippen molar-refractivity contribution in [3.05, 3.63) is 0 Å². The van der Waals surface area contributed by atoms with Crippen LogP contribution in [0.4, 0.5) is 0 Å². The van der Waals surface area contributed by atoms with E-state index < -0.39 is 0 Å². The molecule has 2 nitrogen and oxygen atoms in total. The van der Waals surface area contributed by atoms with E-state index in [4.69, 9.17) is 9.47 Å². The quantitative estimate of drug-likeness (QED) is 0.450. The minimum absolute atomic E-state index is 0. The fourth-order valence-corrected chi connectivity index (χ4v) is 1.62. The Hall–Kier alpha value is 1.45. The van der Waals surface area contributed by atoms with Crippen LogP contribution in [0.15, 0.2) is 0 Å². The van der Waals surface area contributed by atoms with Crippen molar-refractivity contribution >= 4 is 15.2 Å². The Morgan fingerprint density at radius 3 is 1.60 bits per heavy atom. The molecule has 0 aromatic rings. The van der Waals surface area contributed by atoms with Crippen LogP contribution in [0.1, 0.15) is 16.7 Å². The molecule has 0 saturated heterocycles. The van der Waals surface area contributed by atoms with Gasteiger partial charge in [-0.3, -0.25) is 0 Å². The van der Waals surface area contributed by atoms with E-state index in [0.29, 0.717) is 9.93 Å². The third-order valence-electron chi connectivity index (χ3n) is 1.29. The number of ether oxygens (including phenoxy) is 2. The normalized spacial score (nSPS) is 14.8. The molecule has 2 unspecified atom stereocenters. The van der Waals surface area contributed by atoms with Crippen molar-refractivity contribution in [2.45, 2.75) is 23.8 Å². The van der Waals surface area contributed by atoms with E-state index in [1.807, 2.05) is 0 Å². The van der Waals surface area contributed by atoms with Gasteiger partial charge in [0, 0.05) is 0 Å². The Morgan fingerprint density at radius 2 is 1.40 bits per heavy atom. The Kier molecular flexibility index (Phi) is 12.0. The first-order chi connectivity index (χ1) is 4.20. The van der Waals surface area contributed by atoms with Crippen LogP contribution in [0, 0.1) is 0 Å². The minimum Gasteiger partial charge on any atom is -1.00 e. The fourth-order valence-electron chi connectivity index (χ4n) is 0.539. The molecule has 0 aromatic carbocycles. The van der Waals surface area contributed by atoms with Crippen LogP contribution in [0.3, 0.4) is 0 Å². The molecular formula is C6H16AlNaO2. The average Bonchev–Trinajstić information content (AvgIpc) is 1.87. The summed E-state index contributed by atoms with van der Waals surface area (Å²) in [6, 6.07) is 0. The number of hydrogen-bond acceptors (Lipinski definition) is 2. The first kappa shape index (κ1) is 14.0. The van der Waals surface area contributed by atoms with Crippen LogP contribution in [0.25, 0.3) is 0 Å². The third-order valence-corrected chi connectivity index (χ3v) is 2.91. The van der Waals surface area contributed by atoms with Gasteiger partial charge in [-0.1, -0.05) is 0 Å². The Balaban J connectivity index is -0.000000107. The molecular weight excluding hydrogens is 154 g/mol. The summed E-state index contributed by atoms with van der Waals surface area (Å²) in [4.78, 5) is 0.778. The van der Waals surface area contributed by atoms with E-state index in [9.17, 15) is 0 Å². The molecule has 0 fully saturated rings. The molecule has 0 rings (SSSR count). The van der Waals surface area contributed by atoms with Crippen LogP contribution >= 0.6 is 0 Å². The molecule has 4 heteroatoms. The van der Waals surface area contributed by atoms with Gasteiger partial charge >= 0.3 is 92.2 Å². The fraction of sp³-hybridized carbons (Fsp3) is 1.00. The van der Waals surface area contributed by atoms with Crippen LogP contribution in [0.5, 0.6) is 0 Å². The first-order valence-corrected chi connectivity index (χ1v) is 4.44. The third kappa shape index (κ3) is 7.56. The van der Waals surface area contributed by atoms with Crippen LogP contribution in [-0.4, -0.2) is 39.4 Å². The molecule has 0 aliphatic heterocycles. The molecule has 0 amide bonds. The molecule has 0 bridgehead atoms. The SMILES string of the molecule is CO[CH](C)[Al+][CH](C)OC.[H-].[H-].[Na+]. The van der Waals surface area contributed by atoms with Crippen molar-refractivity contribution in [3.8, 4) is 0 Å². The predicted molar refractivity (Wildman–Crippen MR) is 40.9 cm³/mol. The maximum atomic E-state index is 5.08. The minimum atomic E-state index is 0. The molecule has 10 heavy (non-hydrogen) atoms. The van der Waals surface area contributed by atoms with Crippen molar-refractivity contribution in [2.24, 2.45) is 0 Å². The Bertz CT molecular complexity index is 72.6. The zero-order valence-electron chi connectivity index (χ0n) is 9.55. The van der Waals surface area contributed by atoms with Gasteiger partial charge in [0.05, 0.1) is 0 Å². The average molecular weight is 170 g/mol. The van der Waals surface area contributed by atoms with Crippen molar-refractivity contribution in [3.63, 3.8) is 0 Å². The van der Waals surface area contributed by atoms with Gasteiger partial charge in [-0.15, -0.1) is 0 Å². The summed E-state index contributed by atoms with van der Waals surface area (Å²) in [7, 11) is 3.47. The van der Waals surface area contributed by atoms with E-state index in [2.05, 4.69) is 13.8 Å². The van der Waals surface area contributed by atoms with Gasteiger partial charge < -0.3 is 2.85 Å². The largest absolute Gasteiger partial charge is 1.00 e. The molecule has 0 saturated carbocycles. The molecule has 0 spiro atoms. The van der Waals surface area contributed by atoms with Crippen LogP contribution in [-0.2, 0) is 9.47 Å². The molecule has 0 aliphatic rings. The summed E-state index contributed by atoms with van der Waals surface area (Å²) >= 11 is 0.275. The summed E-state index contributed by atoms with van der Waals surface area (Å²) < 4.78 is 10.2. The summed E-state index contributed by atoms with van der Waals surface area (Å²) in [5.74, 6) is 0. The molecule has 2 atom stereocenters. The van der Waals surface area contributed by atoms with E-state index >= 15 is 0 Å². The summed E-state index contributed by atoms with van der Waals surface area (Å²) in [6.45, 7) is 4.15. The van der Waals surface area contributed by atoms with E-state index in [1.165, 1.54) is 0 Å². The van der Waals surface area contributed by atoms with Crippen molar-refractivity contribution in [2.75, 3.05) is 14.2 Å². The second-order valence-electron chi connectivity index (χ2n) is 2.07. The Labute approximate surface area is 94.6 Å². The van der Waals surface area contributed by atoms with E-state index in [1.54, 1.807) is 14.2 Å². The van der Waals surface area contributed by atoms with Crippen molar-refractivity contribution in [1.29, 1.82) is 0 Å². The van der Waals surface area contributed by atoms with Gasteiger partial charge in [-0.2, -0.15) is 0 Å². The molecule has 0 radical (unpaired) electrons. The predicted octanol–water partition coefficient (Wildman–Crippen LogP) is -2.10. The van der Waals surface area contributed by atoms with Gasteiger partial charge in [-0.25, -0.2) is 0 Å². The van der Waals surface area contributed by atoms with Crippen molar-refractivity contribution in [1.82, 2.24) is 0 Å². The summed E-state index contributed by atoms with van der Waals surface area (Å²) in [6.07, 6.45) is 0. The van der Waals surface area contributed by atoms with E-state index in [-0.39, 0.29) is 47.6 Å². The zero-order valence-corrected chi connectivity index (χ0v) is 10.7. The van der Waals surface area contributed by atoms with Crippen LogP contribution in [0.2, 0.25) is 0 Å². The summed E-state index contributed by atoms with van der Waals surface area (Å²) in [5.41, 5.74) is 0. The maximum absolute atomic E-state index is 5.08. The molecule has 56 valence electrons. The molecule has 0 heterocycles. The molecule has 0 aliphatic carbocycles. The summed E-state index contributed by atoms with van der Waals surface area (Å²) in [5, 5.41) is 0. The maximum Gasteiger partial charge on any atom is 1.00 e. The second kappa shape index (κ2) is 8.55. The second-order valence-corrected chi connectivity index (χ2v) is 4.34. The van der Waals surface area contributed by atoms with Crippen molar-refractivity contribution < 1.29 is 41.9 Å². The molecule has 0 aromatic heterocycles. The topological polar surface area (TPSA) is 18.5 Å². The van der Waals surface area contributed by atoms with Gasteiger partial charge in [0.25, 0.3) is 0 Å². The number of hydrogen-bond donors (Lipinski definition) is 0. The van der Waals surface area contributed by atoms with Gasteiger partial charge in [0.15, 0.2) is 0 Å². The number of rotatable bonds is 4. The standard InChI is InChI=1S/2C3H7O.Al.Na.2H/c2*1-3-4-2;;;;/h2*3H,1-2H3;;;;/q;;2*+1;2*-1. The van der Waals surface area contributed by atoms with E-state index in [0.717, 1.165) is 0 Å². The van der Waals surface area contributed by atoms with Crippen LogP contribution < -0.4 is 29.6 Å². The zero-order chi connectivity index (χ0) is 7.28. The van der Waals surface area contributed by atoms with Gasteiger partial charge in [0.2, 0.25) is 0 Å². The Morgan fingerprint density at radius 1 is 1.10 bits per heavy atom. The first-order valence-electron chi connectivity index (χ1n) is 3.11. The monoisotopic (exact) mass is 170 g/mol. The smallest absolute Gasteiger partial charge is 1.00 e. The van der Waals surface area contributed by atoms with Gasteiger partial charge in [-0.05, 0) is 0 Å². The molecule has 0 N–H and O–H groups in total. The number of methoxy groups -OCH3 is 2.